The van der Waals surface area contributed by atoms with Crippen molar-refractivity contribution in [3.8, 4) is 6.07 Å². The maximum absolute atomic E-state index is 12.2. The monoisotopic (exact) mass is 366 g/mol. The Bertz CT molecular complexity index is 775. The van der Waals surface area contributed by atoms with Crippen LogP contribution in [0, 0.1) is 11.3 Å². The van der Waals surface area contributed by atoms with Gasteiger partial charge in [0.2, 0.25) is 5.79 Å². The van der Waals surface area contributed by atoms with E-state index in [1.54, 1.807) is 6.92 Å². The van der Waals surface area contributed by atoms with Crippen LogP contribution >= 0.6 is 0 Å². The Balaban J connectivity index is 2.00. The second-order valence-corrected chi connectivity index (χ2v) is 6.67. The number of aliphatic hydroxyl groups excluding tert-OH is 1. The van der Waals surface area contributed by atoms with Crippen LogP contribution in [0.3, 0.4) is 0 Å². The minimum Gasteiger partial charge on any atom is -0.394 e. The average Bonchev–Trinajstić information content (AvgIpc) is 3.12. The number of aliphatic hydroxyl groups is 2. The van der Waals surface area contributed by atoms with Gasteiger partial charge in [0.05, 0.1) is 19.1 Å². The molecule has 2 aliphatic heterocycles. The Morgan fingerprint density at radius 2 is 2.19 bits per heavy atom. The van der Waals surface area contributed by atoms with Gasteiger partial charge in [0.1, 0.15) is 29.7 Å². The predicted molar refractivity (Wildman–Crippen MR) is 87.5 cm³/mol. The molecule has 4 N–H and O–H groups in total. The average molecular weight is 366 g/mol. The quantitative estimate of drug-likeness (QED) is 0.612. The van der Waals surface area contributed by atoms with Gasteiger partial charge in [0, 0.05) is 6.20 Å². The first-order valence-corrected chi connectivity index (χ1v) is 8.34. The van der Waals surface area contributed by atoms with E-state index >= 15 is 0 Å². The smallest absolute Gasteiger partial charge is 0.351 e. The highest BCUT2D eigenvalue weighted by Gasteiger charge is 2.64. The van der Waals surface area contributed by atoms with Crippen molar-refractivity contribution in [1.82, 2.24) is 9.55 Å². The summed E-state index contributed by atoms with van der Waals surface area (Å²) in [5.41, 5.74) is 3.41. The molecule has 10 heteroatoms. The highest BCUT2D eigenvalue weighted by Crippen LogP contribution is 2.48. The minimum absolute atomic E-state index is 0.0656. The molecule has 0 aromatic carbocycles. The van der Waals surface area contributed by atoms with Crippen molar-refractivity contribution in [2.24, 2.45) is 0 Å². The first-order valence-electron chi connectivity index (χ1n) is 8.34. The van der Waals surface area contributed by atoms with Crippen molar-refractivity contribution >= 4 is 5.82 Å². The number of aromatic nitrogens is 2. The van der Waals surface area contributed by atoms with Crippen molar-refractivity contribution in [2.75, 3.05) is 12.3 Å². The lowest BCUT2D eigenvalue weighted by atomic mass is 9.90. The lowest BCUT2D eigenvalue weighted by Crippen LogP contribution is -2.54. The molecule has 6 atom stereocenters. The van der Waals surface area contributed by atoms with Crippen molar-refractivity contribution < 1.29 is 24.4 Å². The topological polar surface area (TPSA) is 153 Å². The van der Waals surface area contributed by atoms with Gasteiger partial charge in [-0.2, -0.15) is 10.2 Å². The Hall–Kier alpha value is -2.03. The number of nitrogens with two attached hydrogens (primary N) is 1. The van der Waals surface area contributed by atoms with Gasteiger partial charge in [0.15, 0.2) is 6.23 Å². The SMILES string of the molecule is CCC(C)(O)C1(CC#N)OC2C(O1)[C@@H](CO)O[C@H]2n1ccc(N)nc1=O. The number of nitrogens with zero attached hydrogens (tertiary/aromatic N) is 3. The molecule has 1 aromatic rings. The third kappa shape index (κ3) is 2.78. The summed E-state index contributed by atoms with van der Waals surface area (Å²) in [6.45, 7) is 2.88. The van der Waals surface area contributed by atoms with Crippen LogP contribution in [-0.2, 0) is 14.2 Å². The largest absolute Gasteiger partial charge is 0.394 e. The number of rotatable bonds is 5. The van der Waals surface area contributed by atoms with Crippen molar-refractivity contribution in [2.45, 2.75) is 62.6 Å². The molecule has 0 bridgehead atoms. The number of anilines is 1. The summed E-state index contributed by atoms with van der Waals surface area (Å²) in [6.07, 6.45) is -1.85. The van der Waals surface area contributed by atoms with Gasteiger partial charge in [0.25, 0.3) is 0 Å². The third-order valence-electron chi connectivity index (χ3n) is 5.06. The van der Waals surface area contributed by atoms with Crippen molar-refractivity contribution in [3.63, 3.8) is 0 Å². The molecular formula is C16H22N4O6. The molecule has 2 saturated heterocycles. The molecule has 0 spiro atoms. The van der Waals surface area contributed by atoms with Gasteiger partial charge in [-0.3, -0.25) is 4.57 Å². The first-order chi connectivity index (χ1) is 12.3. The predicted octanol–water partition coefficient (Wildman–Crippen LogP) is -0.730. The first kappa shape index (κ1) is 18.8. The van der Waals surface area contributed by atoms with Gasteiger partial charge in [-0.1, -0.05) is 6.92 Å². The van der Waals surface area contributed by atoms with Crippen LogP contribution in [-0.4, -0.2) is 56.1 Å². The fourth-order valence-corrected chi connectivity index (χ4v) is 3.33. The molecule has 4 unspecified atom stereocenters. The molecule has 2 fully saturated rings. The van der Waals surface area contributed by atoms with Gasteiger partial charge in [-0.25, -0.2) is 4.79 Å². The van der Waals surface area contributed by atoms with Gasteiger partial charge in [-0.15, -0.1) is 0 Å². The Kier molecular flexibility index (Phi) is 4.76. The van der Waals surface area contributed by atoms with Crippen molar-refractivity contribution in [1.29, 1.82) is 5.26 Å². The second kappa shape index (κ2) is 6.61. The molecule has 0 saturated carbocycles. The van der Waals surface area contributed by atoms with Gasteiger partial charge in [-0.05, 0) is 19.4 Å². The van der Waals surface area contributed by atoms with Crippen LogP contribution in [0.1, 0.15) is 32.9 Å². The summed E-state index contributed by atoms with van der Waals surface area (Å²) in [5, 5.41) is 29.6. The van der Waals surface area contributed by atoms with E-state index in [1.807, 2.05) is 6.07 Å². The number of fused-ring (bicyclic) bond motifs is 1. The molecule has 3 rings (SSSR count). The van der Waals surface area contributed by atoms with Crippen LogP contribution in [0.5, 0.6) is 0 Å². The van der Waals surface area contributed by atoms with E-state index in [4.69, 9.17) is 19.9 Å². The third-order valence-corrected chi connectivity index (χ3v) is 5.06. The van der Waals surface area contributed by atoms with E-state index in [1.165, 1.54) is 23.8 Å². The molecule has 0 amide bonds. The number of hydrogen-bond donors (Lipinski definition) is 3. The molecule has 0 radical (unpaired) electrons. The summed E-state index contributed by atoms with van der Waals surface area (Å²) < 4.78 is 18.9. The molecule has 1 aromatic heterocycles. The second-order valence-electron chi connectivity index (χ2n) is 6.67. The molecule has 26 heavy (non-hydrogen) atoms. The summed E-state index contributed by atoms with van der Waals surface area (Å²) in [7, 11) is 0. The number of ether oxygens (including phenoxy) is 3. The Labute approximate surface area is 149 Å². The van der Waals surface area contributed by atoms with Gasteiger partial charge >= 0.3 is 5.69 Å². The number of nitrogen functional groups attached to an aromatic ring is 1. The molecule has 0 aliphatic carbocycles. The molecular weight excluding hydrogens is 344 g/mol. The minimum atomic E-state index is -1.59. The van der Waals surface area contributed by atoms with Crippen LogP contribution in [0.2, 0.25) is 0 Å². The molecule has 10 nitrogen and oxygen atoms in total. The van der Waals surface area contributed by atoms with Crippen LogP contribution in [0.4, 0.5) is 5.82 Å². The van der Waals surface area contributed by atoms with E-state index in [9.17, 15) is 20.3 Å². The molecule has 3 heterocycles. The van der Waals surface area contributed by atoms with E-state index < -0.39 is 41.6 Å². The standard InChI is InChI=1S/C16H22N4O6/c1-3-15(2,23)16(5-6-17)25-11-9(8-21)24-13(12(11)26-16)20-7-4-10(18)19-14(20)22/h4,7,9,11-13,21,23H,3,5,8H2,1-2H3,(H2,18,19,22)/t9-,11?,12?,13-,15?,16?/m1/s1. The Morgan fingerprint density at radius 3 is 2.77 bits per heavy atom. The van der Waals surface area contributed by atoms with Gasteiger partial charge < -0.3 is 30.2 Å². The van der Waals surface area contributed by atoms with Crippen LogP contribution < -0.4 is 11.4 Å². The number of nitriles is 1. The normalized spacial score (nSPS) is 35.7. The summed E-state index contributed by atoms with van der Waals surface area (Å²) in [6, 6.07) is 3.41. The lowest BCUT2D eigenvalue weighted by molar-refractivity contribution is -0.294. The summed E-state index contributed by atoms with van der Waals surface area (Å²) in [4.78, 5) is 15.8. The fourth-order valence-electron chi connectivity index (χ4n) is 3.33. The highest BCUT2D eigenvalue weighted by molar-refractivity contribution is 5.23. The maximum Gasteiger partial charge on any atom is 0.351 e. The van der Waals surface area contributed by atoms with E-state index in [0.717, 1.165) is 0 Å². The summed E-state index contributed by atoms with van der Waals surface area (Å²) >= 11 is 0. The number of hydrogen-bond acceptors (Lipinski definition) is 9. The Morgan fingerprint density at radius 1 is 1.50 bits per heavy atom. The molecule has 2 aliphatic rings. The van der Waals surface area contributed by atoms with Crippen LogP contribution in [0.15, 0.2) is 17.1 Å². The lowest BCUT2D eigenvalue weighted by Gasteiger charge is -2.40. The van der Waals surface area contributed by atoms with E-state index in [-0.39, 0.29) is 25.3 Å². The van der Waals surface area contributed by atoms with E-state index in [2.05, 4.69) is 4.98 Å². The zero-order valence-corrected chi connectivity index (χ0v) is 14.5. The zero-order valence-electron chi connectivity index (χ0n) is 14.5. The molecule has 142 valence electrons. The summed E-state index contributed by atoms with van der Waals surface area (Å²) in [5.74, 6) is -1.53. The van der Waals surface area contributed by atoms with Crippen LogP contribution in [0.25, 0.3) is 0 Å². The van der Waals surface area contributed by atoms with E-state index in [0.29, 0.717) is 0 Å². The van der Waals surface area contributed by atoms with Crippen molar-refractivity contribution in [3.05, 3.63) is 22.7 Å². The zero-order chi connectivity index (χ0) is 19.1. The maximum atomic E-state index is 12.2. The fraction of sp³-hybridized carbons (Fsp3) is 0.688. The highest BCUT2D eigenvalue weighted by atomic mass is 16.8.